The highest BCUT2D eigenvalue weighted by molar-refractivity contribution is 5.96. The first-order chi connectivity index (χ1) is 11.5. The highest BCUT2D eigenvalue weighted by atomic mass is 16.6. The molecule has 0 radical (unpaired) electrons. The molecule has 0 saturated heterocycles. The van der Waals surface area contributed by atoms with Crippen LogP contribution in [-0.4, -0.2) is 43.2 Å². The molecule has 1 aliphatic rings. The summed E-state index contributed by atoms with van der Waals surface area (Å²) in [6.07, 6.45) is 1.81. The predicted molar refractivity (Wildman–Crippen MR) is 82.3 cm³/mol. The first-order valence-electron chi connectivity index (χ1n) is 7.42. The van der Waals surface area contributed by atoms with Gasteiger partial charge in [-0.3, -0.25) is 14.9 Å². The minimum absolute atomic E-state index is 0.131. The molecule has 0 unspecified atom stereocenters. The molecule has 0 spiro atoms. The molecule has 1 N–H and O–H groups in total. The molecule has 0 aliphatic heterocycles. The molecule has 0 atom stereocenters. The predicted octanol–water partition coefficient (Wildman–Crippen LogP) is 1.44. The summed E-state index contributed by atoms with van der Waals surface area (Å²) < 4.78 is 15.2. The highest BCUT2D eigenvalue weighted by Crippen LogP contribution is 2.35. The first-order valence-corrected chi connectivity index (χ1v) is 7.42. The van der Waals surface area contributed by atoms with E-state index in [4.69, 9.17) is 14.2 Å². The molecule has 24 heavy (non-hydrogen) atoms. The lowest BCUT2D eigenvalue weighted by molar-refractivity contribution is -0.385. The van der Waals surface area contributed by atoms with Crippen molar-refractivity contribution < 1.29 is 28.7 Å². The summed E-state index contributed by atoms with van der Waals surface area (Å²) in [6, 6.07) is 2.41. The van der Waals surface area contributed by atoms with Gasteiger partial charge in [0.05, 0.1) is 24.7 Å². The van der Waals surface area contributed by atoms with E-state index < -0.39 is 29.1 Å². The summed E-state index contributed by atoms with van der Waals surface area (Å²) in [5.41, 5.74) is -0.786. The van der Waals surface area contributed by atoms with Crippen molar-refractivity contribution in [3.05, 3.63) is 27.8 Å². The van der Waals surface area contributed by atoms with Crippen molar-refractivity contribution in [2.75, 3.05) is 20.3 Å². The smallest absolute Gasteiger partial charge is 0.345 e. The number of carbonyl (C=O) groups excluding carboxylic acids is 2. The molecule has 0 bridgehead atoms. The third-order valence-corrected chi connectivity index (χ3v) is 3.28. The SMILES string of the molecule is CCOc1cc(C(=O)OCC(=O)NC2CC2)c([N+](=O)[O-])cc1OC. The van der Waals surface area contributed by atoms with Crippen LogP contribution in [0.2, 0.25) is 0 Å². The minimum atomic E-state index is -0.976. The lowest BCUT2D eigenvalue weighted by Crippen LogP contribution is -2.30. The van der Waals surface area contributed by atoms with E-state index in [2.05, 4.69) is 5.32 Å². The molecule has 2 rings (SSSR count). The van der Waals surface area contributed by atoms with Crippen LogP contribution in [0.4, 0.5) is 5.69 Å². The van der Waals surface area contributed by atoms with Crippen LogP contribution in [0.25, 0.3) is 0 Å². The topological polar surface area (TPSA) is 117 Å². The number of nitrogens with one attached hydrogen (secondary N) is 1. The highest BCUT2D eigenvalue weighted by Gasteiger charge is 2.27. The molecular weight excluding hydrogens is 320 g/mol. The van der Waals surface area contributed by atoms with Crippen LogP contribution in [0.3, 0.4) is 0 Å². The third-order valence-electron chi connectivity index (χ3n) is 3.28. The van der Waals surface area contributed by atoms with Gasteiger partial charge in [-0.15, -0.1) is 0 Å². The number of hydrogen-bond donors (Lipinski definition) is 1. The van der Waals surface area contributed by atoms with Crippen molar-refractivity contribution in [1.82, 2.24) is 5.32 Å². The van der Waals surface area contributed by atoms with Crippen LogP contribution in [0.5, 0.6) is 11.5 Å². The second-order valence-electron chi connectivity index (χ2n) is 5.13. The van der Waals surface area contributed by atoms with Gasteiger partial charge in [-0.25, -0.2) is 4.79 Å². The zero-order chi connectivity index (χ0) is 17.7. The number of esters is 1. The van der Waals surface area contributed by atoms with E-state index in [0.29, 0.717) is 0 Å². The fourth-order valence-corrected chi connectivity index (χ4v) is 2.00. The van der Waals surface area contributed by atoms with E-state index >= 15 is 0 Å². The average Bonchev–Trinajstić information content (AvgIpc) is 3.36. The molecule has 130 valence electrons. The Morgan fingerprint density at radius 1 is 1.33 bits per heavy atom. The standard InChI is InChI=1S/C15H18N2O7/c1-3-23-13-6-10(11(17(20)21)7-12(13)22-2)15(19)24-8-14(18)16-9-4-5-9/h6-7,9H,3-5,8H2,1-2H3,(H,16,18). The van der Waals surface area contributed by atoms with Gasteiger partial charge in [-0.2, -0.15) is 0 Å². The van der Waals surface area contributed by atoms with Crippen LogP contribution in [-0.2, 0) is 9.53 Å². The lowest BCUT2D eigenvalue weighted by atomic mass is 10.1. The van der Waals surface area contributed by atoms with Gasteiger partial charge in [0.25, 0.3) is 11.6 Å². The maximum Gasteiger partial charge on any atom is 0.345 e. The van der Waals surface area contributed by atoms with E-state index in [1.165, 1.54) is 13.2 Å². The molecule has 1 saturated carbocycles. The monoisotopic (exact) mass is 338 g/mol. The van der Waals surface area contributed by atoms with Crippen LogP contribution in [0.1, 0.15) is 30.1 Å². The average molecular weight is 338 g/mol. The van der Waals surface area contributed by atoms with Crippen molar-refractivity contribution in [2.24, 2.45) is 0 Å². The summed E-state index contributed by atoms with van der Waals surface area (Å²) in [6.45, 7) is 1.51. The Bertz CT molecular complexity index is 655. The Morgan fingerprint density at radius 3 is 2.58 bits per heavy atom. The van der Waals surface area contributed by atoms with Crippen LogP contribution >= 0.6 is 0 Å². The van der Waals surface area contributed by atoms with Crippen molar-refractivity contribution >= 4 is 17.6 Å². The van der Waals surface area contributed by atoms with Gasteiger partial charge >= 0.3 is 5.97 Å². The van der Waals surface area contributed by atoms with Gasteiger partial charge in [0, 0.05) is 12.1 Å². The Balaban J connectivity index is 2.18. The normalized spacial score (nSPS) is 13.1. The van der Waals surface area contributed by atoms with Crippen LogP contribution < -0.4 is 14.8 Å². The number of hydrogen-bond acceptors (Lipinski definition) is 7. The number of amides is 1. The maximum absolute atomic E-state index is 12.1. The van der Waals surface area contributed by atoms with Crippen LogP contribution in [0, 0.1) is 10.1 Å². The van der Waals surface area contributed by atoms with Gasteiger partial charge in [0.1, 0.15) is 5.56 Å². The molecule has 1 aromatic carbocycles. The van der Waals surface area contributed by atoms with E-state index in [9.17, 15) is 19.7 Å². The van der Waals surface area contributed by atoms with Crippen molar-refractivity contribution in [1.29, 1.82) is 0 Å². The van der Waals surface area contributed by atoms with Gasteiger partial charge in [0.2, 0.25) is 0 Å². The lowest BCUT2D eigenvalue weighted by Gasteiger charge is -2.11. The largest absolute Gasteiger partial charge is 0.493 e. The van der Waals surface area contributed by atoms with E-state index in [1.807, 2.05) is 0 Å². The summed E-state index contributed by atoms with van der Waals surface area (Å²) in [7, 11) is 1.34. The zero-order valence-electron chi connectivity index (χ0n) is 13.4. The Kier molecular flexibility index (Phi) is 5.56. The number of benzene rings is 1. The second-order valence-corrected chi connectivity index (χ2v) is 5.13. The van der Waals surface area contributed by atoms with Crippen molar-refractivity contribution in [2.45, 2.75) is 25.8 Å². The third kappa shape index (κ3) is 4.34. The van der Waals surface area contributed by atoms with Crippen molar-refractivity contribution in [3.63, 3.8) is 0 Å². The first kappa shape index (κ1) is 17.5. The molecule has 1 fully saturated rings. The second kappa shape index (κ2) is 7.62. The van der Waals surface area contributed by atoms with Crippen molar-refractivity contribution in [3.8, 4) is 11.5 Å². The fraction of sp³-hybridized carbons (Fsp3) is 0.467. The molecule has 9 heteroatoms. The summed E-state index contributed by atoms with van der Waals surface area (Å²) in [4.78, 5) is 34.1. The maximum atomic E-state index is 12.1. The molecule has 9 nitrogen and oxygen atoms in total. The number of carbonyl (C=O) groups is 2. The number of nitro groups is 1. The van der Waals surface area contributed by atoms with Gasteiger partial charge < -0.3 is 19.5 Å². The quantitative estimate of drug-likeness (QED) is 0.433. The van der Waals surface area contributed by atoms with E-state index in [-0.39, 0.29) is 29.7 Å². The van der Waals surface area contributed by atoms with E-state index in [0.717, 1.165) is 18.9 Å². The number of nitrogens with zero attached hydrogens (tertiary/aromatic N) is 1. The summed E-state index contributed by atoms with van der Waals surface area (Å²) in [5, 5.41) is 13.8. The number of nitro benzene ring substituents is 1. The summed E-state index contributed by atoms with van der Waals surface area (Å²) >= 11 is 0. The molecule has 0 heterocycles. The van der Waals surface area contributed by atoms with Gasteiger partial charge in [-0.1, -0.05) is 0 Å². The molecule has 1 aliphatic carbocycles. The van der Waals surface area contributed by atoms with E-state index in [1.54, 1.807) is 6.92 Å². The zero-order valence-corrected chi connectivity index (χ0v) is 13.4. The molecule has 0 aromatic heterocycles. The van der Waals surface area contributed by atoms with Crippen LogP contribution in [0.15, 0.2) is 12.1 Å². The summed E-state index contributed by atoms with van der Waals surface area (Å²) in [5.74, 6) is -1.10. The minimum Gasteiger partial charge on any atom is -0.493 e. The number of rotatable bonds is 8. The van der Waals surface area contributed by atoms with Gasteiger partial charge in [0.15, 0.2) is 18.1 Å². The Labute approximate surface area is 138 Å². The number of ether oxygens (including phenoxy) is 3. The fourth-order valence-electron chi connectivity index (χ4n) is 2.00. The molecular formula is C15H18N2O7. The molecule has 1 amide bonds. The Hall–Kier alpha value is -2.84. The Morgan fingerprint density at radius 2 is 2.04 bits per heavy atom. The van der Waals surface area contributed by atoms with Gasteiger partial charge in [-0.05, 0) is 19.8 Å². The number of methoxy groups -OCH3 is 1. The molecule has 1 aromatic rings.